The molecule has 0 spiro atoms. The maximum atomic E-state index is 12.8. The molecule has 0 radical (unpaired) electrons. The van der Waals surface area contributed by atoms with Crippen molar-refractivity contribution >= 4 is 33.4 Å². The lowest BCUT2D eigenvalue weighted by molar-refractivity contribution is -0.385. The van der Waals surface area contributed by atoms with Gasteiger partial charge in [-0.3, -0.25) is 15.0 Å². The number of nitro groups is 1. The van der Waals surface area contributed by atoms with E-state index in [1.54, 1.807) is 11.0 Å². The summed E-state index contributed by atoms with van der Waals surface area (Å²) >= 11 is 3.41. The average molecular weight is 399 g/mol. The minimum atomic E-state index is -0.608. The van der Waals surface area contributed by atoms with E-state index in [2.05, 4.69) is 29.8 Å². The second kappa shape index (κ2) is 6.70. The molecule has 0 saturated carbocycles. The summed E-state index contributed by atoms with van der Waals surface area (Å²) in [7, 11) is 0. The summed E-state index contributed by atoms with van der Waals surface area (Å²) in [6.45, 7) is 9.60. The van der Waals surface area contributed by atoms with Crippen LogP contribution in [0.15, 0.2) is 16.6 Å². The van der Waals surface area contributed by atoms with Crippen molar-refractivity contribution in [2.75, 3.05) is 4.90 Å². The largest absolute Gasteiger partial charge is 0.443 e. The minimum Gasteiger partial charge on any atom is -0.443 e. The molecule has 132 valence electrons. The molecule has 6 nitrogen and oxygen atoms in total. The average Bonchev–Trinajstić information content (AvgIpc) is 2.43. The van der Waals surface area contributed by atoms with Gasteiger partial charge >= 0.3 is 6.09 Å². The van der Waals surface area contributed by atoms with Crippen LogP contribution < -0.4 is 4.90 Å². The van der Waals surface area contributed by atoms with Crippen LogP contribution in [0.2, 0.25) is 0 Å². The topological polar surface area (TPSA) is 72.7 Å². The highest BCUT2D eigenvalue weighted by Crippen LogP contribution is 2.42. The molecule has 0 N–H and O–H groups in total. The molecule has 0 fully saturated rings. The number of ether oxygens (including phenoxy) is 1. The molecule has 0 aromatic heterocycles. The number of carbonyl (C=O) groups is 1. The molecular formula is C17H23BrN2O4. The van der Waals surface area contributed by atoms with E-state index in [4.69, 9.17) is 4.74 Å². The predicted molar refractivity (Wildman–Crippen MR) is 96.5 cm³/mol. The number of benzene rings is 1. The van der Waals surface area contributed by atoms with Gasteiger partial charge in [-0.1, -0.05) is 13.8 Å². The zero-order valence-corrected chi connectivity index (χ0v) is 16.2. The van der Waals surface area contributed by atoms with Crippen LogP contribution in [-0.4, -0.2) is 22.7 Å². The molecule has 7 heteroatoms. The number of fused-ring (bicyclic) bond motifs is 1. The van der Waals surface area contributed by atoms with Crippen LogP contribution >= 0.6 is 15.9 Å². The smallest absolute Gasteiger partial charge is 0.415 e. The van der Waals surface area contributed by atoms with E-state index < -0.39 is 16.6 Å². The second-order valence-electron chi connectivity index (χ2n) is 7.39. The van der Waals surface area contributed by atoms with Crippen molar-refractivity contribution in [3.05, 3.63) is 32.3 Å². The number of hydrogen-bond donors (Lipinski definition) is 0. The highest BCUT2D eigenvalue weighted by Gasteiger charge is 2.37. The number of aryl methyl sites for hydroxylation is 1. The van der Waals surface area contributed by atoms with Crippen molar-refractivity contribution in [1.29, 1.82) is 0 Å². The van der Waals surface area contributed by atoms with Crippen LogP contribution in [-0.2, 0) is 11.2 Å². The first-order valence-corrected chi connectivity index (χ1v) is 8.79. The van der Waals surface area contributed by atoms with Crippen LogP contribution in [0, 0.1) is 16.0 Å². The van der Waals surface area contributed by atoms with Crippen LogP contribution in [0.4, 0.5) is 16.2 Å². The second-order valence-corrected chi connectivity index (χ2v) is 8.25. The van der Waals surface area contributed by atoms with Crippen molar-refractivity contribution in [2.24, 2.45) is 5.92 Å². The van der Waals surface area contributed by atoms with Crippen molar-refractivity contribution in [3.8, 4) is 0 Å². The molecule has 24 heavy (non-hydrogen) atoms. The zero-order chi connectivity index (χ0) is 18.2. The van der Waals surface area contributed by atoms with Crippen molar-refractivity contribution in [3.63, 3.8) is 0 Å². The van der Waals surface area contributed by atoms with E-state index in [1.165, 1.54) is 6.07 Å². The van der Waals surface area contributed by atoms with E-state index in [9.17, 15) is 14.9 Å². The third-order valence-corrected chi connectivity index (χ3v) is 4.58. The van der Waals surface area contributed by atoms with Crippen LogP contribution in [0.3, 0.4) is 0 Å². The highest BCUT2D eigenvalue weighted by atomic mass is 79.9. The number of rotatable bonds is 2. The Balaban J connectivity index is 2.54. The molecule has 1 aromatic rings. The molecule has 0 saturated heterocycles. The quantitative estimate of drug-likeness (QED) is 0.514. The van der Waals surface area contributed by atoms with Gasteiger partial charge in [-0.05, 0) is 61.0 Å². The third kappa shape index (κ3) is 3.88. The summed E-state index contributed by atoms with van der Waals surface area (Å²) in [6, 6.07) is 2.98. The fraction of sp³-hybridized carbons (Fsp3) is 0.588. The number of nitrogens with zero attached hydrogens (tertiary/aromatic N) is 2. The van der Waals surface area contributed by atoms with Gasteiger partial charge in [0.1, 0.15) is 5.60 Å². The van der Waals surface area contributed by atoms with Gasteiger partial charge in [0.2, 0.25) is 0 Å². The highest BCUT2D eigenvalue weighted by molar-refractivity contribution is 9.10. The summed E-state index contributed by atoms with van der Waals surface area (Å²) in [5.41, 5.74) is 0.884. The molecule has 1 atom stereocenters. The maximum Gasteiger partial charge on any atom is 0.415 e. The van der Waals surface area contributed by atoms with Gasteiger partial charge in [-0.25, -0.2) is 4.79 Å². The minimum absolute atomic E-state index is 0.00916. The summed E-state index contributed by atoms with van der Waals surface area (Å²) in [4.78, 5) is 25.1. The summed E-state index contributed by atoms with van der Waals surface area (Å²) in [6.07, 6.45) is 1.02. The molecule has 1 amide bonds. The van der Waals surface area contributed by atoms with Gasteiger partial charge in [-0.15, -0.1) is 0 Å². The van der Waals surface area contributed by atoms with Crippen LogP contribution in [0.25, 0.3) is 0 Å². The van der Waals surface area contributed by atoms with Gasteiger partial charge in [0, 0.05) is 22.6 Å². The standard InChI is InChI=1S/C17H23BrN2O4/c1-10(2)14-7-6-11-8-12(20(22)23)9-13(18)15(11)19(14)16(21)24-17(3,4)5/h8-10,14H,6-7H2,1-5H3. The Morgan fingerprint density at radius 1 is 1.42 bits per heavy atom. The maximum absolute atomic E-state index is 12.8. The number of nitro benzene ring substituents is 1. The van der Waals surface area contributed by atoms with Gasteiger partial charge in [0.05, 0.1) is 10.6 Å². The van der Waals surface area contributed by atoms with Crippen molar-refractivity contribution in [2.45, 2.75) is 59.1 Å². The molecule has 1 heterocycles. The molecule has 0 bridgehead atoms. The Morgan fingerprint density at radius 3 is 2.54 bits per heavy atom. The number of anilines is 1. The zero-order valence-electron chi connectivity index (χ0n) is 14.6. The number of hydrogen-bond acceptors (Lipinski definition) is 4. The number of amides is 1. The van der Waals surface area contributed by atoms with E-state index in [1.807, 2.05) is 20.8 Å². The van der Waals surface area contributed by atoms with Gasteiger partial charge in [0.15, 0.2) is 0 Å². The lowest BCUT2D eigenvalue weighted by Gasteiger charge is -2.40. The first-order valence-electron chi connectivity index (χ1n) is 8.00. The molecule has 1 aliphatic heterocycles. The monoisotopic (exact) mass is 398 g/mol. The van der Waals surface area contributed by atoms with Crippen LogP contribution in [0.1, 0.15) is 46.6 Å². The van der Waals surface area contributed by atoms with E-state index in [0.29, 0.717) is 16.6 Å². The Morgan fingerprint density at radius 2 is 2.04 bits per heavy atom. The SMILES string of the molecule is CC(C)C1CCc2cc([N+](=O)[O-])cc(Br)c2N1C(=O)OC(C)(C)C. The normalized spacial score (nSPS) is 17.6. The van der Waals surface area contributed by atoms with E-state index in [-0.39, 0.29) is 17.6 Å². The molecule has 1 unspecified atom stereocenters. The molecule has 1 aromatic carbocycles. The molecule has 0 aliphatic carbocycles. The van der Waals surface area contributed by atoms with Gasteiger partial charge in [-0.2, -0.15) is 0 Å². The van der Waals surface area contributed by atoms with Crippen molar-refractivity contribution < 1.29 is 14.5 Å². The predicted octanol–water partition coefficient (Wildman–Crippen LogP) is 5.07. The number of halogens is 1. The van der Waals surface area contributed by atoms with Gasteiger partial charge in [0.25, 0.3) is 5.69 Å². The lowest BCUT2D eigenvalue weighted by atomic mass is 9.89. The first kappa shape index (κ1) is 18.7. The number of carbonyl (C=O) groups excluding carboxylic acids is 1. The van der Waals surface area contributed by atoms with E-state index >= 15 is 0 Å². The Bertz CT molecular complexity index is 667. The third-order valence-electron chi connectivity index (χ3n) is 3.98. The summed E-state index contributed by atoms with van der Waals surface area (Å²) in [5, 5.41) is 11.1. The fourth-order valence-corrected chi connectivity index (χ4v) is 3.65. The molecular weight excluding hydrogens is 376 g/mol. The molecule has 2 rings (SSSR count). The summed E-state index contributed by atoms with van der Waals surface area (Å²) in [5.74, 6) is 0.243. The Hall–Kier alpha value is -1.63. The van der Waals surface area contributed by atoms with Crippen LogP contribution in [0.5, 0.6) is 0 Å². The van der Waals surface area contributed by atoms with E-state index in [0.717, 1.165) is 12.0 Å². The Labute approximate surface area is 150 Å². The van der Waals surface area contributed by atoms with Gasteiger partial charge < -0.3 is 4.74 Å². The molecule has 1 aliphatic rings. The fourth-order valence-electron chi connectivity index (χ4n) is 2.97. The number of non-ortho nitro benzene ring substituents is 1. The van der Waals surface area contributed by atoms with Crippen molar-refractivity contribution in [1.82, 2.24) is 0 Å². The summed E-state index contributed by atoms with van der Waals surface area (Å²) < 4.78 is 6.12. The Kier molecular flexibility index (Phi) is 5.22. The lowest BCUT2D eigenvalue weighted by Crippen LogP contribution is -2.48. The first-order chi connectivity index (χ1) is 11.0.